The van der Waals surface area contributed by atoms with Crippen molar-refractivity contribution in [2.45, 2.75) is 9.79 Å². The first-order valence-corrected chi connectivity index (χ1v) is 14.9. The number of rotatable bonds is 12. The van der Waals surface area contributed by atoms with Crippen LogP contribution in [0.1, 0.15) is 0 Å². The van der Waals surface area contributed by atoms with Gasteiger partial charge in [0.25, 0.3) is 0 Å². The maximum absolute atomic E-state index is 13.5. The Hall–Kier alpha value is -3.44. The summed E-state index contributed by atoms with van der Waals surface area (Å²) in [6, 6.07) is 27.6. The summed E-state index contributed by atoms with van der Waals surface area (Å²) in [6.07, 6.45) is 0. The monoisotopic (exact) mass is 554 g/mol. The molecule has 0 N–H and O–H groups in total. The van der Waals surface area contributed by atoms with Crippen LogP contribution in [0, 0.1) is 0 Å². The molecule has 8 nitrogen and oxygen atoms in total. The van der Waals surface area contributed by atoms with Crippen LogP contribution < -0.4 is 9.47 Å². The summed E-state index contributed by atoms with van der Waals surface area (Å²) in [5.41, 5.74) is 0. The predicted octanol–water partition coefficient (Wildman–Crippen LogP) is 4.24. The molecule has 0 aromatic heterocycles. The van der Waals surface area contributed by atoms with E-state index in [0.29, 0.717) is 22.3 Å². The molecule has 4 rings (SSSR count). The van der Waals surface area contributed by atoms with Crippen LogP contribution in [0.15, 0.2) is 107 Å². The zero-order chi connectivity index (χ0) is 27.2. The average molecular weight is 555 g/mol. The number of likely N-dealkylation sites (N-methyl/N-ethyl adjacent to an activating group) is 2. The Morgan fingerprint density at radius 2 is 0.895 bits per heavy atom. The minimum absolute atomic E-state index is 0.0318. The van der Waals surface area contributed by atoms with Crippen LogP contribution in [0.25, 0.3) is 10.8 Å². The Bertz CT molecular complexity index is 1460. The Morgan fingerprint density at radius 3 is 1.26 bits per heavy atom. The lowest BCUT2D eigenvalue weighted by atomic mass is 10.1. The summed E-state index contributed by atoms with van der Waals surface area (Å²) < 4.78 is 67.5. The summed E-state index contributed by atoms with van der Waals surface area (Å²) in [4.78, 5) is 0.0636. The molecule has 0 atom stereocenters. The van der Waals surface area contributed by atoms with Gasteiger partial charge < -0.3 is 9.47 Å². The third-order valence-electron chi connectivity index (χ3n) is 6.05. The molecule has 0 saturated carbocycles. The number of benzene rings is 4. The number of para-hydroxylation sites is 2. The lowest BCUT2D eigenvalue weighted by Crippen LogP contribution is -2.32. The molecule has 0 amide bonds. The van der Waals surface area contributed by atoms with Crippen molar-refractivity contribution in [2.24, 2.45) is 0 Å². The molecule has 0 aliphatic heterocycles. The van der Waals surface area contributed by atoms with Crippen LogP contribution in [-0.4, -0.2) is 65.8 Å². The minimum atomic E-state index is -3.92. The number of ether oxygens (including phenoxy) is 2. The third-order valence-corrected chi connectivity index (χ3v) is 9.88. The van der Waals surface area contributed by atoms with Crippen LogP contribution in [0.4, 0.5) is 0 Å². The van der Waals surface area contributed by atoms with Gasteiger partial charge in [-0.2, -0.15) is 8.61 Å². The second-order valence-electron chi connectivity index (χ2n) is 8.58. The maximum Gasteiger partial charge on any atom is 0.243 e. The first-order chi connectivity index (χ1) is 18.2. The fraction of sp³-hybridized carbons (Fsp3) is 0.214. The van der Waals surface area contributed by atoms with Gasteiger partial charge in [-0.15, -0.1) is 0 Å². The first-order valence-electron chi connectivity index (χ1n) is 12.0. The summed E-state index contributed by atoms with van der Waals surface area (Å²) in [7, 11) is -4.89. The minimum Gasteiger partial charge on any atom is -0.492 e. The van der Waals surface area contributed by atoms with Crippen LogP contribution in [0.5, 0.6) is 11.5 Å². The van der Waals surface area contributed by atoms with Crippen molar-refractivity contribution in [2.75, 3.05) is 40.4 Å². The van der Waals surface area contributed by atoms with E-state index >= 15 is 0 Å². The molecule has 0 radical (unpaired) electrons. The van der Waals surface area contributed by atoms with Gasteiger partial charge in [0.1, 0.15) is 24.7 Å². The van der Waals surface area contributed by atoms with Crippen molar-refractivity contribution in [3.8, 4) is 11.5 Å². The second kappa shape index (κ2) is 12.0. The lowest BCUT2D eigenvalue weighted by molar-refractivity contribution is 0.287. The van der Waals surface area contributed by atoms with Gasteiger partial charge in [0, 0.05) is 38.0 Å². The summed E-state index contributed by atoms with van der Waals surface area (Å²) in [5.74, 6) is 1.30. The largest absolute Gasteiger partial charge is 0.492 e. The zero-order valence-electron chi connectivity index (χ0n) is 21.2. The average Bonchev–Trinajstić information content (AvgIpc) is 2.93. The highest BCUT2D eigenvalue weighted by molar-refractivity contribution is 7.89. The molecular weight excluding hydrogens is 524 g/mol. The van der Waals surface area contributed by atoms with Gasteiger partial charge in [-0.25, -0.2) is 16.8 Å². The molecule has 0 spiro atoms. The Labute approximate surface area is 224 Å². The van der Waals surface area contributed by atoms with Gasteiger partial charge in [0.2, 0.25) is 20.0 Å². The van der Waals surface area contributed by atoms with Crippen LogP contribution >= 0.6 is 0 Å². The van der Waals surface area contributed by atoms with Crippen molar-refractivity contribution in [1.29, 1.82) is 0 Å². The molecule has 200 valence electrons. The van der Waals surface area contributed by atoms with Crippen LogP contribution in [-0.2, 0) is 20.0 Å². The van der Waals surface area contributed by atoms with Crippen molar-refractivity contribution >= 4 is 30.8 Å². The third kappa shape index (κ3) is 6.16. The van der Waals surface area contributed by atoms with E-state index in [2.05, 4.69) is 0 Å². The fourth-order valence-electron chi connectivity index (χ4n) is 3.90. The Kier molecular flexibility index (Phi) is 8.68. The highest BCUT2D eigenvalue weighted by Gasteiger charge is 2.27. The zero-order valence-corrected chi connectivity index (χ0v) is 22.9. The molecule has 0 bridgehead atoms. The summed E-state index contributed by atoms with van der Waals surface area (Å²) in [6.45, 7) is 0.575. The molecule has 0 aliphatic carbocycles. The van der Waals surface area contributed by atoms with Gasteiger partial charge in [-0.3, -0.25) is 0 Å². The molecule has 0 saturated heterocycles. The molecular formula is C28H30N2O6S2. The summed E-state index contributed by atoms with van der Waals surface area (Å²) >= 11 is 0. The fourth-order valence-corrected chi connectivity index (χ4v) is 6.61. The van der Waals surface area contributed by atoms with E-state index in [-0.39, 0.29) is 36.1 Å². The Morgan fingerprint density at radius 1 is 0.526 bits per heavy atom. The van der Waals surface area contributed by atoms with Crippen molar-refractivity contribution in [3.05, 3.63) is 97.1 Å². The molecule has 0 unspecified atom stereocenters. The second-order valence-corrected chi connectivity index (χ2v) is 12.6. The highest BCUT2D eigenvalue weighted by Crippen LogP contribution is 2.31. The van der Waals surface area contributed by atoms with Gasteiger partial charge in [-0.05, 0) is 36.4 Å². The standard InChI is InChI=1S/C28H30N2O6S2/c1-29(19-21-35-23-11-5-3-6-12-23)37(31,32)27-17-9-16-26-25(27)15-10-18-28(26)38(33,34)30(2)20-22-36-24-13-7-4-8-14-24/h3-18H,19-22H2,1-2H3. The molecule has 0 heterocycles. The van der Waals surface area contributed by atoms with E-state index in [1.165, 1.54) is 34.8 Å². The normalized spacial score (nSPS) is 12.2. The molecule has 10 heteroatoms. The van der Waals surface area contributed by atoms with Crippen LogP contribution in [0.3, 0.4) is 0 Å². The molecule has 0 fully saturated rings. The molecule has 0 aliphatic rings. The van der Waals surface area contributed by atoms with Gasteiger partial charge in [0.15, 0.2) is 0 Å². The quantitative estimate of drug-likeness (QED) is 0.260. The number of nitrogens with zero attached hydrogens (tertiary/aromatic N) is 2. The van der Waals surface area contributed by atoms with Gasteiger partial charge in [0.05, 0.1) is 9.79 Å². The highest BCUT2D eigenvalue weighted by atomic mass is 32.2. The molecule has 38 heavy (non-hydrogen) atoms. The van der Waals surface area contributed by atoms with E-state index in [1.807, 2.05) is 36.4 Å². The summed E-state index contributed by atoms with van der Waals surface area (Å²) in [5, 5.41) is 0.664. The van der Waals surface area contributed by atoms with Crippen molar-refractivity contribution in [1.82, 2.24) is 8.61 Å². The maximum atomic E-state index is 13.5. The number of sulfonamides is 2. The van der Waals surface area contributed by atoms with E-state index in [0.717, 1.165) is 0 Å². The lowest BCUT2D eigenvalue weighted by Gasteiger charge is -2.21. The predicted molar refractivity (Wildman–Crippen MR) is 147 cm³/mol. The van der Waals surface area contributed by atoms with Crippen LogP contribution in [0.2, 0.25) is 0 Å². The number of hydrogen-bond donors (Lipinski definition) is 0. The topological polar surface area (TPSA) is 93.2 Å². The van der Waals surface area contributed by atoms with Crippen molar-refractivity contribution < 1.29 is 26.3 Å². The molecule has 4 aromatic rings. The van der Waals surface area contributed by atoms with Gasteiger partial charge >= 0.3 is 0 Å². The van der Waals surface area contributed by atoms with E-state index in [9.17, 15) is 16.8 Å². The number of fused-ring (bicyclic) bond motifs is 1. The Balaban J connectivity index is 1.53. The van der Waals surface area contributed by atoms with E-state index in [1.54, 1.807) is 48.5 Å². The SMILES string of the molecule is CN(CCOc1ccccc1)S(=O)(=O)c1cccc2c(S(=O)(=O)N(C)CCOc3ccccc3)cccc12. The molecule has 4 aromatic carbocycles. The van der Waals surface area contributed by atoms with E-state index in [4.69, 9.17) is 9.47 Å². The first kappa shape index (κ1) is 27.6. The van der Waals surface area contributed by atoms with Gasteiger partial charge in [-0.1, -0.05) is 60.7 Å². The van der Waals surface area contributed by atoms with E-state index < -0.39 is 20.0 Å². The van der Waals surface area contributed by atoms with Crippen molar-refractivity contribution in [3.63, 3.8) is 0 Å². The smallest absolute Gasteiger partial charge is 0.243 e. The number of hydrogen-bond acceptors (Lipinski definition) is 6.